The van der Waals surface area contributed by atoms with E-state index >= 15 is 0 Å². The minimum Gasteiger partial charge on any atom is -0.450 e. The van der Waals surface area contributed by atoms with Crippen LogP contribution in [0.3, 0.4) is 0 Å². The van der Waals surface area contributed by atoms with E-state index in [1.165, 1.54) is 0 Å². The largest absolute Gasteiger partial charge is 0.450 e. The van der Waals surface area contributed by atoms with Crippen LogP contribution in [0.5, 0.6) is 0 Å². The monoisotopic (exact) mass is 376 g/mol. The molecule has 1 aromatic heterocycles. The number of halogens is 1. The Bertz CT molecular complexity index is 780. The third kappa shape index (κ3) is 4.13. The number of aromatic nitrogens is 3. The van der Waals surface area contributed by atoms with E-state index in [0.29, 0.717) is 49.6 Å². The summed E-state index contributed by atoms with van der Waals surface area (Å²) in [6, 6.07) is 5.61. The molecule has 2 heterocycles. The van der Waals surface area contributed by atoms with Crippen LogP contribution in [0.2, 0.25) is 5.02 Å². The molecule has 8 nitrogen and oxygen atoms in total. The molecule has 2 aromatic rings. The van der Waals surface area contributed by atoms with E-state index in [1.54, 1.807) is 18.0 Å². The fourth-order valence-electron chi connectivity index (χ4n) is 2.70. The molecule has 0 atom stereocenters. The summed E-state index contributed by atoms with van der Waals surface area (Å²) in [5, 5.41) is 11.9. The number of piperazine rings is 1. The highest BCUT2D eigenvalue weighted by molar-refractivity contribution is 6.31. The molecule has 1 fully saturated rings. The highest BCUT2D eigenvalue weighted by Crippen LogP contribution is 2.25. The van der Waals surface area contributed by atoms with Crippen molar-refractivity contribution in [3.8, 4) is 0 Å². The van der Waals surface area contributed by atoms with Crippen molar-refractivity contribution < 1.29 is 9.53 Å². The van der Waals surface area contributed by atoms with Gasteiger partial charge < -0.3 is 19.9 Å². The maximum atomic E-state index is 11.8. The summed E-state index contributed by atoms with van der Waals surface area (Å²) in [5.74, 6) is 1.12. The number of nitrogens with one attached hydrogen (secondary N) is 1. The normalized spacial score (nSPS) is 14.3. The van der Waals surface area contributed by atoms with Crippen molar-refractivity contribution >= 4 is 35.1 Å². The third-order valence-electron chi connectivity index (χ3n) is 4.19. The molecule has 1 aliphatic heterocycles. The van der Waals surface area contributed by atoms with Gasteiger partial charge in [0.25, 0.3) is 0 Å². The van der Waals surface area contributed by atoms with Crippen LogP contribution in [-0.4, -0.2) is 59.0 Å². The van der Waals surface area contributed by atoms with Gasteiger partial charge in [-0.25, -0.2) is 4.79 Å². The van der Waals surface area contributed by atoms with Gasteiger partial charge in [0.2, 0.25) is 5.95 Å². The van der Waals surface area contributed by atoms with Crippen molar-refractivity contribution in [3.63, 3.8) is 0 Å². The van der Waals surface area contributed by atoms with Gasteiger partial charge in [-0.1, -0.05) is 17.7 Å². The minimum atomic E-state index is -0.272. The molecule has 0 saturated carbocycles. The summed E-state index contributed by atoms with van der Waals surface area (Å²) < 4.78 is 5.04. The van der Waals surface area contributed by atoms with Gasteiger partial charge in [0.1, 0.15) is 0 Å². The lowest BCUT2D eigenvalue weighted by Gasteiger charge is -2.34. The van der Waals surface area contributed by atoms with Crippen LogP contribution in [0, 0.1) is 6.92 Å². The topological polar surface area (TPSA) is 83.5 Å². The lowest BCUT2D eigenvalue weighted by molar-refractivity contribution is 0.105. The van der Waals surface area contributed by atoms with Crippen LogP contribution in [0.25, 0.3) is 0 Å². The Hall–Kier alpha value is -2.61. The summed E-state index contributed by atoms with van der Waals surface area (Å²) in [4.78, 5) is 20.1. The second kappa shape index (κ2) is 8.18. The van der Waals surface area contributed by atoms with E-state index < -0.39 is 0 Å². The first-order chi connectivity index (χ1) is 12.6. The summed E-state index contributed by atoms with van der Waals surface area (Å²) in [5.41, 5.74) is 1.76. The highest BCUT2D eigenvalue weighted by Gasteiger charge is 2.23. The third-order valence-corrected chi connectivity index (χ3v) is 4.60. The summed E-state index contributed by atoms with van der Waals surface area (Å²) in [6.07, 6.45) is 1.35. The Kier molecular flexibility index (Phi) is 5.72. The lowest BCUT2D eigenvalue weighted by Crippen LogP contribution is -2.49. The molecule has 0 radical (unpaired) electrons. The molecule has 3 rings (SSSR count). The van der Waals surface area contributed by atoms with Gasteiger partial charge in [0, 0.05) is 36.9 Å². The molecule has 1 N–H and O–H groups in total. The molecule has 1 amide bonds. The molecule has 138 valence electrons. The zero-order valence-electron chi connectivity index (χ0n) is 14.8. The predicted molar refractivity (Wildman–Crippen MR) is 100 cm³/mol. The van der Waals surface area contributed by atoms with Crippen LogP contribution in [0.15, 0.2) is 24.4 Å². The summed E-state index contributed by atoms with van der Waals surface area (Å²) >= 11 is 6.15. The minimum absolute atomic E-state index is 0.272. The van der Waals surface area contributed by atoms with E-state index in [2.05, 4.69) is 25.4 Å². The van der Waals surface area contributed by atoms with Crippen LogP contribution >= 0.6 is 11.6 Å². The molecule has 0 aliphatic carbocycles. The van der Waals surface area contributed by atoms with Crippen molar-refractivity contribution in [1.29, 1.82) is 0 Å². The van der Waals surface area contributed by atoms with Gasteiger partial charge in [-0.15, -0.1) is 5.10 Å². The quantitative estimate of drug-likeness (QED) is 0.878. The summed E-state index contributed by atoms with van der Waals surface area (Å²) in [7, 11) is 0. The van der Waals surface area contributed by atoms with Gasteiger partial charge in [-0.3, -0.25) is 0 Å². The number of ether oxygens (including phenoxy) is 1. The van der Waals surface area contributed by atoms with Gasteiger partial charge in [0.05, 0.1) is 12.8 Å². The molecule has 1 aliphatic rings. The van der Waals surface area contributed by atoms with Crippen LogP contribution in [-0.2, 0) is 4.74 Å². The van der Waals surface area contributed by atoms with Crippen molar-refractivity contribution in [1.82, 2.24) is 20.1 Å². The molecule has 0 bridgehead atoms. The first-order valence-corrected chi connectivity index (χ1v) is 8.84. The maximum absolute atomic E-state index is 11.8. The standard InChI is InChI=1S/C17H21ClN6O2/c1-3-26-17(25)24-9-7-23(8-10-24)15-11-19-22-16(21-15)20-14-6-4-5-13(18)12(14)2/h4-6,11H,3,7-10H2,1-2H3,(H,20,21,22). The number of anilines is 3. The average Bonchev–Trinajstić information content (AvgIpc) is 2.66. The highest BCUT2D eigenvalue weighted by atomic mass is 35.5. The molecule has 0 spiro atoms. The number of amides is 1. The fraction of sp³-hybridized carbons (Fsp3) is 0.412. The molecular weight excluding hydrogens is 356 g/mol. The van der Waals surface area contributed by atoms with E-state index in [4.69, 9.17) is 16.3 Å². The number of rotatable bonds is 4. The predicted octanol–water partition coefficient (Wildman–Crippen LogP) is 2.86. The van der Waals surface area contributed by atoms with Crippen molar-refractivity contribution in [2.75, 3.05) is 43.0 Å². The van der Waals surface area contributed by atoms with Crippen molar-refractivity contribution in [3.05, 3.63) is 35.0 Å². The molecule has 0 unspecified atom stereocenters. The second-order valence-electron chi connectivity index (χ2n) is 5.85. The zero-order chi connectivity index (χ0) is 18.5. The number of hydrogen-bond donors (Lipinski definition) is 1. The number of nitrogens with zero attached hydrogens (tertiary/aromatic N) is 5. The Balaban J connectivity index is 1.67. The van der Waals surface area contributed by atoms with E-state index in [9.17, 15) is 4.79 Å². The van der Waals surface area contributed by atoms with Crippen LogP contribution in [0.1, 0.15) is 12.5 Å². The van der Waals surface area contributed by atoms with Gasteiger partial charge in [-0.05, 0) is 31.5 Å². The van der Waals surface area contributed by atoms with Crippen molar-refractivity contribution in [2.24, 2.45) is 0 Å². The average molecular weight is 377 g/mol. The molecule has 26 heavy (non-hydrogen) atoms. The van der Waals surface area contributed by atoms with Crippen LogP contribution in [0.4, 0.5) is 22.2 Å². The maximum Gasteiger partial charge on any atom is 0.409 e. The van der Waals surface area contributed by atoms with Gasteiger partial charge in [0.15, 0.2) is 5.82 Å². The Morgan fingerprint density at radius 3 is 2.81 bits per heavy atom. The zero-order valence-corrected chi connectivity index (χ0v) is 15.5. The molecular formula is C17H21ClN6O2. The second-order valence-corrected chi connectivity index (χ2v) is 6.26. The van der Waals surface area contributed by atoms with Gasteiger partial charge >= 0.3 is 6.09 Å². The number of carbonyl (C=O) groups excluding carboxylic acids is 1. The SMILES string of the molecule is CCOC(=O)N1CCN(c2cnnc(Nc3cccc(Cl)c3C)n2)CC1. The van der Waals surface area contributed by atoms with Crippen molar-refractivity contribution in [2.45, 2.75) is 13.8 Å². The van der Waals surface area contributed by atoms with E-state index in [0.717, 1.165) is 11.3 Å². The Morgan fingerprint density at radius 2 is 2.08 bits per heavy atom. The number of benzene rings is 1. The molecule has 1 aromatic carbocycles. The first kappa shape index (κ1) is 18.2. The Morgan fingerprint density at radius 1 is 1.31 bits per heavy atom. The molecule has 9 heteroatoms. The fourth-order valence-corrected chi connectivity index (χ4v) is 2.87. The van der Waals surface area contributed by atoms with Gasteiger partial charge in [-0.2, -0.15) is 10.1 Å². The molecule has 1 saturated heterocycles. The Labute approximate surface area is 157 Å². The first-order valence-electron chi connectivity index (χ1n) is 8.47. The van der Waals surface area contributed by atoms with Crippen LogP contribution < -0.4 is 10.2 Å². The summed E-state index contributed by atoms with van der Waals surface area (Å²) in [6.45, 7) is 6.60. The smallest absolute Gasteiger partial charge is 0.409 e. The van der Waals surface area contributed by atoms with E-state index in [1.807, 2.05) is 25.1 Å². The van der Waals surface area contributed by atoms with E-state index in [-0.39, 0.29) is 6.09 Å². The lowest BCUT2D eigenvalue weighted by atomic mass is 10.2. The number of carbonyl (C=O) groups is 1. The number of hydrogen-bond acceptors (Lipinski definition) is 7.